The number of Topliss-reactive ketones (excluding diaryl/α,β-unsaturated/α-hetero) is 1. The van der Waals surface area contributed by atoms with Crippen LogP contribution in [0.5, 0.6) is 5.75 Å². The molecule has 6 heteroatoms. The molecule has 1 N–H and O–H groups in total. The highest BCUT2D eigenvalue weighted by atomic mass is 16.5. The van der Waals surface area contributed by atoms with E-state index in [9.17, 15) is 14.7 Å². The summed E-state index contributed by atoms with van der Waals surface area (Å²) in [5, 5.41) is 11.2. The van der Waals surface area contributed by atoms with E-state index in [0.717, 1.165) is 11.1 Å². The number of aryl methyl sites for hydroxylation is 2. The summed E-state index contributed by atoms with van der Waals surface area (Å²) in [5.41, 5.74) is 2.90. The van der Waals surface area contributed by atoms with Gasteiger partial charge in [-0.05, 0) is 80.3 Å². The van der Waals surface area contributed by atoms with Crippen molar-refractivity contribution in [2.24, 2.45) is 5.92 Å². The van der Waals surface area contributed by atoms with Gasteiger partial charge >= 0.3 is 0 Å². The van der Waals surface area contributed by atoms with Gasteiger partial charge in [-0.3, -0.25) is 14.5 Å². The van der Waals surface area contributed by atoms with E-state index < -0.39 is 17.7 Å². The molecule has 0 bridgehead atoms. The van der Waals surface area contributed by atoms with Gasteiger partial charge in [-0.15, -0.1) is 0 Å². The first-order valence-electron chi connectivity index (χ1n) is 11.4. The maximum atomic E-state index is 13.3. The Morgan fingerprint density at radius 2 is 1.74 bits per heavy atom. The first-order valence-corrected chi connectivity index (χ1v) is 11.4. The van der Waals surface area contributed by atoms with Crippen LogP contribution in [0.3, 0.4) is 0 Å². The summed E-state index contributed by atoms with van der Waals surface area (Å²) in [4.78, 5) is 28.0. The second-order valence-electron chi connectivity index (χ2n) is 9.07. The van der Waals surface area contributed by atoms with Gasteiger partial charge in [0.05, 0.1) is 12.2 Å². The molecule has 1 aromatic heterocycles. The third kappa shape index (κ3) is 4.23. The Balaban J connectivity index is 1.83. The zero-order chi connectivity index (χ0) is 24.6. The number of benzene rings is 2. The van der Waals surface area contributed by atoms with Crippen LogP contribution in [0.15, 0.2) is 64.6 Å². The maximum Gasteiger partial charge on any atom is 0.300 e. The molecule has 2 heterocycles. The highest BCUT2D eigenvalue weighted by Gasteiger charge is 2.48. The van der Waals surface area contributed by atoms with Gasteiger partial charge < -0.3 is 14.3 Å². The number of furan rings is 1. The summed E-state index contributed by atoms with van der Waals surface area (Å²) in [6.45, 7) is 10.3. The molecule has 1 unspecified atom stereocenters. The van der Waals surface area contributed by atoms with Gasteiger partial charge in [-0.25, -0.2) is 0 Å². The number of ether oxygens (including phenoxy) is 1. The van der Waals surface area contributed by atoms with Crippen molar-refractivity contribution in [3.63, 3.8) is 0 Å². The predicted octanol–water partition coefficient (Wildman–Crippen LogP) is 5.87. The third-order valence-electron chi connectivity index (χ3n) is 6.02. The molecule has 34 heavy (non-hydrogen) atoms. The molecular weight excluding hydrogens is 430 g/mol. The van der Waals surface area contributed by atoms with Gasteiger partial charge in [0.25, 0.3) is 11.7 Å². The van der Waals surface area contributed by atoms with Crippen LogP contribution in [0.2, 0.25) is 0 Å². The van der Waals surface area contributed by atoms with Gasteiger partial charge in [-0.1, -0.05) is 26.0 Å². The molecule has 3 aromatic rings. The average molecular weight is 460 g/mol. The molecule has 176 valence electrons. The predicted molar refractivity (Wildman–Crippen MR) is 131 cm³/mol. The minimum Gasteiger partial charge on any atom is -0.507 e. The molecule has 1 aliphatic heterocycles. The Morgan fingerprint density at radius 1 is 1.03 bits per heavy atom. The van der Waals surface area contributed by atoms with E-state index in [-0.39, 0.29) is 11.3 Å². The average Bonchev–Trinajstić information content (AvgIpc) is 3.35. The Hall–Kier alpha value is -3.80. The fourth-order valence-corrected chi connectivity index (χ4v) is 4.07. The third-order valence-corrected chi connectivity index (χ3v) is 6.02. The normalized spacial score (nSPS) is 17.6. The van der Waals surface area contributed by atoms with Crippen LogP contribution >= 0.6 is 0 Å². The number of nitrogens with zero attached hydrogens (tertiary/aromatic N) is 1. The molecule has 1 saturated heterocycles. The molecule has 1 aliphatic rings. The Kier molecular flexibility index (Phi) is 6.33. The fraction of sp³-hybridized carbons (Fsp3) is 0.286. The standard InChI is InChI=1S/C28H29NO5/c1-16(2)15-33-21-12-10-20(11-13-21)26(30)24-25(23-14-9-18(4)34-23)29(28(32)27(24)31)22-8-6-7-17(3)19(22)5/h6-14,16,25,30H,15H2,1-5H3/b26-24-. The SMILES string of the molecule is Cc1ccc(C2/C(=C(/O)c3ccc(OCC(C)C)cc3)C(=O)C(=O)N2c2cccc(C)c2C)o1. The van der Waals surface area contributed by atoms with Crippen molar-refractivity contribution < 1.29 is 23.8 Å². The minimum atomic E-state index is -0.883. The summed E-state index contributed by atoms with van der Waals surface area (Å²) >= 11 is 0. The molecule has 0 radical (unpaired) electrons. The number of carbonyl (C=O) groups is 2. The van der Waals surface area contributed by atoms with Crippen LogP contribution in [-0.4, -0.2) is 23.4 Å². The van der Waals surface area contributed by atoms with Crippen LogP contribution < -0.4 is 9.64 Å². The lowest BCUT2D eigenvalue weighted by atomic mass is 9.98. The molecule has 1 atom stereocenters. The molecule has 1 fully saturated rings. The quantitative estimate of drug-likeness (QED) is 0.283. The minimum absolute atomic E-state index is 0.00361. The van der Waals surface area contributed by atoms with Crippen molar-refractivity contribution in [1.82, 2.24) is 0 Å². The Morgan fingerprint density at radius 3 is 2.35 bits per heavy atom. The fourth-order valence-electron chi connectivity index (χ4n) is 4.07. The summed E-state index contributed by atoms with van der Waals surface area (Å²) in [6, 6.07) is 15.1. The summed E-state index contributed by atoms with van der Waals surface area (Å²) in [6.07, 6.45) is 0. The van der Waals surface area contributed by atoms with E-state index in [1.54, 1.807) is 49.4 Å². The maximum absolute atomic E-state index is 13.3. The van der Waals surface area contributed by atoms with Gasteiger partial charge in [0, 0.05) is 11.3 Å². The molecule has 2 aromatic carbocycles. The lowest BCUT2D eigenvalue weighted by Gasteiger charge is -2.25. The number of aliphatic hydroxyl groups excluding tert-OH is 1. The number of carbonyl (C=O) groups excluding carboxylic acids is 2. The van der Waals surface area contributed by atoms with Crippen molar-refractivity contribution in [2.45, 2.75) is 40.7 Å². The highest BCUT2D eigenvalue weighted by Crippen LogP contribution is 2.44. The van der Waals surface area contributed by atoms with Crippen LogP contribution in [0.25, 0.3) is 5.76 Å². The van der Waals surface area contributed by atoms with Crippen molar-refractivity contribution in [2.75, 3.05) is 11.5 Å². The zero-order valence-electron chi connectivity index (χ0n) is 20.1. The summed E-state index contributed by atoms with van der Waals surface area (Å²) < 4.78 is 11.6. The van der Waals surface area contributed by atoms with Crippen LogP contribution in [0.4, 0.5) is 5.69 Å². The van der Waals surface area contributed by atoms with Gasteiger partial charge in [0.2, 0.25) is 0 Å². The van der Waals surface area contributed by atoms with Crippen molar-refractivity contribution in [3.8, 4) is 5.75 Å². The second-order valence-corrected chi connectivity index (χ2v) is 9.07. The highest BCUT2D eigenvalue weighted by molar-refractivity contribution is 6.51. The number of hydrogen-bond acceptors (Lipinski definition) is 5. The zero-order valence-corrected chi connectivity index (χ0v) is 20.1. The molecule has 4 rings (SSSR count). The van der Waals surface area contributed by atoms with E-state index in [4.69, 9.17) is 9.15 Å². The van der Waals surface area contributed by atoms with E-state index in [1.165, 1.54) is 4.90 Å². The lowest BCUT2D eigenvalue weighted by molar-refractivity contribution is -0.132. The smallest absolute Gasteiger partial charge is 0.300 e. The van der Waals surface area contributed by atoms with Gasteiger partial charge in [0.15, 0.2) is 0 Å². The second kappa shape index (κ2) is 9.21. The van der Waals surface area contributed by atoms with Gasteiger partial charge in [-0.2, -0.15) is 0 Å². The number of anilines is 1. The number of aliphatic hydroxyl groups is 1. The van der Waals surface area contributed by atoms with E-state index >= 15 is 0 Å². The Labute approximate surface area is 199 Å². The number of ketones is 1. The summed E-state index contributed by atoms with van der Waals surface area (Å²) in [5.74, 6) is 0.402. The molecule has 6 nitrogen and oxygen atoms in total. The Bertz CT molecular complexity index is 1270. The van der Waals surface area contributed by atoms with E-state index in [1.807, 2.05) is 26.0 Å². The topological polar surface area (TPSA) is 80.0 Å². The van der Waals surface area contributed by atoms with Crippen LogP contribution in [-0.2, 0) is 9.59 Å². The van der Waals surface area contributed by atoms with Crippen LogP contribution in [0.1, 0.15) is 48.1 Å². The molecule has 0 saturated carbocycles. The number of amides is 1. The van der Waals surface area contributed by atoms with Crippen molar-refractivity contribution >= 4 is 23.1 Å². The number of hydrogen-bond donors (Lipinski definition) is 1. The van der Waals surface area contributed by atoms with E-state index in [0.29, 0.717) is 41.0 Å². The van der Waals surface area contributed by atoms with Crippen molar-refractivity contribution in [3.05, 3.63) is 88.4 Å². The molecular formula is C28H29NO5. The molecule has 0 spiro atoms. The first-order chi connectivity index (χ1) is 16.2. The monoisotopic (exact) mass is 459 g/mol. The molecule has 0 aliphatic carbocycles. The largest absolute Gasteiger partial charge is 0.507 e. The van der Waals surface area contributed by atoms with Crippen molar-refractivity contribution in [1.29, 1.82) is 0 Å². The molecule has 1 amide bonds. The van der Waals surface area contributed by atoms with Crippen LogP contribution in [0, 0.1) is 26.7 Å². The first kappa shape index (κ1) is 23.4. The van der Waals surface area contributed by atoms with Gasteiger partial charge in [0.1, 0.15) is 29.1 Å². The number of rotatable bonds is 6. The summed E-state index contributed by atoms with van der Waals surface area (Å²) in [7, 11) is 0. The van der Waals surface area contributed by atoms with E-state index in [2.05, 4.69) is 13.8 Å². The lowest BCUT2D eigenvalue weighted by Crippen LogP contribution is -2.30.